The summed E-state index contributed by atoms with van der Waals surface area (Å²) >= 11 is 0. The van der Waals surface area contributed by atoms with E-state index in [1.165, 1.54) is 19.3 Å². The van der Waals surface area contributed by atoms with Crippen molar-refractivity contribution in [1.82, 2.24) is 14.8 Å². The molecule has 0 aliphatic carbocycles. The Kier molecular flexibility index (Phi) is 5.85. The minimum absolute atomic E-state index is 0.163. The molecule has 1 saturated heterocycles. The second-order valence-corrected chi connectivity index (χ2v) is 6.28. The molecule has 1 aromatic heterocycles. The van der Waals surface area contributed by atoms with Crippen molar-refractivity contribution in [3.8, 4) is 0 Å². The first kappa shape index (κ1) is 16.1. The molecule has 0 aromatic carbocycles. The molecule has 2 heterocycles. The van der Waals surface area contributed by atoms with Gasteiger partial charge in [-0.05, 0) is 51.8 Å². The molecule has 1 atom stereocenters. The van der Waals surface area contributed by atoms with E-state index in [1.807, 2.05) is 23.2 Å². The van der Waals surface area contributed by atoms with Gasteiger partial charge in [0.25, 0.3) is 5.91 Å². The van der Waals surface area contributed by atoms with Gasteiger partial charge in [-0.3, -0.25) is 4.79 Å². The van der Waals surface area contributed by atoms with Gasteiger partial charge in [0.05, 0.1) is 0 Å². The van der Waals surface area contributed by atoms with Gasteiger partial charge in [-0.15, -0.1) is 0 Å². The summed E-state index contributed by atoms with van der Waals surface area (Å²) in [6.07, 6.45) is 6.75. The third-order valence-electron chi connectivity index (χ3n) is 4.23. The maximum absolute atomic E-state index is 12.9. The summed E-state index contributed by atoms with van der Waals surface area (Å²) in [5, 5.41) is 3.54. The van der Waals surface area contributed by atoms with Gasteiger partial charge in [0.2, 0.25) is 0 Å². The third kappa shape index (κ3) is 4.10. The van der Waals surface area contributed by atoms with Crippen molar-refractivity contribution in [2.24, 2.45) is 0 Å². The number of hydrogen-bond donors (Lipinski definition) is 1. The van der Waals surface area contributed by atoms with Crippen LogP contribution in [0.5, 0.6) is 0 Å². The van der Waals surface area contributed by atoms with Crippen molar-refractivity contribution in [2.75, 3.05) is 13.1 Å². The Bertz CT molecular complexity index is 447. The molecule has 1 aliphatic heterocycles. The minimum atomic E-state index is 0.163. The normalized spacial score (nSPS) is 19.0. The van der Waals surface area contributed by atoms with E-state index in [-0.39, 0.29) is 11.9 Å². The number of aryl methyl sites for hydroxylation is 1. The number of carbonyl (C=O) groups excluding carboxylic acids is 1. The van der Waals surface area contributed by atoms with Crippen molar-refractivity contribution in [1.29, 1.82) is 0 Å². The SMILES string of the molecule is CCCn1cccc1C(=O)N(CC1CCCCN1)C(C)C. The molecular formula is C17H29N3O. The summed E-state index contributed by atoms with van der Waals surface area (Å²) in [4.78, 5) is 14.9. The van der Waals surface area contributed by atoms with Crippen LogP contribution in [-0.2, 0) is 6.54 Å². The molecule has 2 rings (SSSR count). The molecule has 1 unspecified atom stereocenters. The number of amides is 1. The lowest BCUT2D eigenvalue weighted by Gasteiger charge is -2.33. The topological polar surface area (TPSA) is 37.3 Å². The van der Waals surface area contributed by atoms with Crippen LogP contribution in [0.2, 0.25) is 0 Å². The van der Waals surface area contributed by atoms with Gasteiger partial charge in [-0.25, -0.2) is 0 Å². The second kappa shape index (κ2) is 7.64. The zero-order valence-corrected chi connectivity index (χ0v) is 13.6. The second-order valence-electron chi connectivity index (χ2n) is 6.28. The average molecular weight is 291 g/mol. The van der Waals surface area contributed by atoms with Crippen LogP contribution in [0.25, 0.3) is 0 Å². The lowest BCUT2D eigenvalue weighted by atomic mass is 10.0. The number of nitrogens with one attached hydrogen (secondary N) is 1. The number of piperidine rings is 1. The number of hydrogen-bond acceptors (Lipinski definition) is 2. The summed E-state index contributed by atoms with van der Waals surface area (Å²) in [7, 11) is 0. The molecule has 1 fully saturated rings. The van der Waals surface area contributed by atoms with Crippen molar-refractivity contribution in [3.63, 3.8) is 0 Å². The smallest absolute Gasteiger partial charge is 0.270 e. The van der Waals surface area contributed by atoms with E-state index in [4.69, 9.17) is 0 Å². The molecule has 4 heteroatoms. The van der Waals surface area contributed by atoms with Crippen LogP contribution in [0, 0.1) is 0 Å². The summed E-state index contributed by atoms with van der Waals surface area (Å²) in [6, 6.07) is 4.59. The van der Waals surface area contributed by atoms with Crippen LogP contribution >= 0.6 is 0 Å². The van der Waals surface area contributed by atoms with E-state index in [0.29, 0.717) is 6.04 Å². The summed E-state index contributed by atoms with van der Waals surface area (Å²) < 4.78 is 2.08. The first-order valence-corrected chi connectivity index (χ1v) is 8.33. The van der Waals surface area contributed by atoms with Crippen LogP contribution in [0.3, 0.4) is 0 Å². The van der Waals surface area contributed by atoms with E-state index >= 15 is 0 Å². The maximum atomic E-state index is 12.9. The van der Waals surface area contributed by atoms with Crippen LogP contribution in [0.15, 0.2) is 18.3 Å². The summed E-state index contributed by atoms with van der Waals surface area (Å²) in [5.74, 6) is 0.163. The van der Waals surface area contributed by atoms with E-state index in [2.05, 4.69) is 30.7 Å². The Morgan fingerprint density at radius 2 is 2.29 bits per heavy atom. The molecule has 0 saturated carbocycles. The van der Waals surface area contributed by atoms with Crippen LogP contribution < -0.4 is 5.32 Å². The lowest BCUT2D eigenvalue weighted by Crippen LogP contribution is -2.48. The molecule has 0 spiro atoms. The Morgan fingerprint density at radius 1 is 1.48 bits per heavy atom. The van der Waals surface area contributed by atoms with Gasteiger partial charge >= 0.3 is 0 Å². The number of aromatic nitrogens is 1. The highest BCUT2D eigenvalue weighted by molar-refractivity contribution is 5.93. The predicted molar refractivity (Wildman–Crippen MR) is 86.5 cm³/mol. The van der Waals surface area contributed by atoms with Crippen molar-refractivity contribution in [3.05, 3.63) is 24.0 Å². The van der Waals surface area contributed by atoms with Gasteiger partial charge in [0.1, 0.15) is 5.69 Å². The minimum Gasteiger partial charge on any atom is -0.344 e. The zero-order valence-electron chi connectivity index (χ0n) is 13.6. The fourth-order valence-electron chi connectivity index (χ4n) is 3.04. The highest BCUT2D eigenvalue weighted by Crippen LogP contribution is 2.14. The Labute approximate surface area is 128 Å². The first-order valence-electron chi connectivity index (χ1n) is 8.33. The van der Waals surface area contributed by atoms with Crippen molar-refractivity contribution in [2.45, 2.75) is 65.1 Å². The molecule has 1 amide bonds. The van der Waals surface area contributed by atoms with Gasteiger partial charge in [0.15, 0.2) is 0 Å². The first-order chi connectivity index (χ1) is 10.1. The van der Waals surface area contributed by atoms with Crippen LogP contribution in [-0.4, -0.2) is 40.5 Å². The molecule has 1 aliphatic rings. The van der Waals surface area contributed by atoms with Gasteiger partial charge in [-0.2, -0.15) is 0 Å². The molecule has 1 N–H and O–H groups in total. The van der Waals surface area contributed by atoms with E-state index in [0.717, 1.165) is 31.7 Å². The highest BCUT2D eigenvalue weighted by Gasteiger charge is 2.25. The number of carbonyl (C=O) groups is 1. The quantitative estimate of drug-likeness (QED) is 0.875. The summed E-state index contributed by atoms with van der Waals surface area (Å²) in [5.41, 5.74) is 0.821. The highest BCUT2D eigenvalue weighted by atomic mass is 16.2. The molecule has 1 aromatic rings. The van der Waals surface area contributed by atoms with Crippen molar-refractivity contribution >= 4 is 5.91 Å². The third-order valence-corrected chi connectivity index (χ3v) is 4.23. The Morgan fingerprint density at radius 3 is 2.90 bits per heavy atom. The lowest BCUT2D eigenvalue weighted by molar-refractivity contribution is 0.0665. The fraction of sp³-hybridized carbons (Fsp3) is 0.706. The predicted octanol–water partition coefficient (Wildman–Crippen LogP) is 2.89. The van der Waals surface area contributed by atoms with Gasteiger partial charge in [-0.1, -0.05) is 13.3 Å². The molecule has 21 heavy (non-hydrogen) atoms. The van der Waals surface area contributed by atoms with E-state index < -0.39 is 0 Å². The maximum Gasteiger partial charge on any atom is 0.270 e. The van der Waals surface area contributed by atoms with Crippen molar-refractivity contribution < 1.29 is 4.79 Å². The number of nitrogens with zero attached hydrogens (tertiary/aromatic N) is 2. The zero-order chi connectivity index (χ0) is 15.2. The standard InChI is InChI=1S/C17H29N3O/c1-4-11-19-12-7-9-16(19)17(21)20(14(2)3)13-15-8-5-6-10-18-15/h7,9,12,14-15,18H,4-6,8,10-11,13H2,1-3H3. The van der Waals surface area contributed by atoms with E-state index in [9.17, 15) is 4.79 Å². The molecular weight excluding hydrogens is 262 g/mol. The monoisotopic (exact) mass is 291 g/mol. The van der Waals surface area contributed by atoms with Crippen LogP contribution in [0.4, 0.5) is 0 Å². The van der Waals surface area contributed by atoms with Gasteiger partial charge < -0.3 is 14.8 Å². The molecule has 0 radical (unpaired) electrons. The fourth-order valence-corrected chi connectivity index (χ4v) is 3.04. The molecule has 4 nitrogen and oxygen atoms in total. The van der Waals surface area contributed by atoms with Crippen LogP contribution in [0.1, 0.15) is 56.9 Å². The molecule has 118 valence electrons. The Balaban J connectivity index is 2.09. The summed E-state index contributed by atoms with van der Waals surface area (Å²) in [6.45, 7) is 9.15. The number of rotatable bonds is 6. The molecule has 0 bridgehead atoms. The van der Waals surface area contributed by atoms with E-state index in [1.54, 1.807) is 0 Å². The average Bonchev–Trinajstić information content (AvgIpc) is 2.93. The van der Waals surface area contributed by atoms with Gasteiger partial charge in [0, 0.05) is 31.4 Å². The largest absolute Gasteiger partial charge is 0.344 e. The Hall–Kier alpha value is -1.29.